The van der Waals surface area contributed by atoms with Gasteiger partial charge in [-0.05, 0) is 39.8 Å². The molecule has 1 aliphatic heterocycles. The highest BCUT2D eigenvalue weighted by Crippen LogP contribution is 2.59. The van der Waals surface area contributed by atoms with Crippen LogP contribution in [0.1, 0.15) is 33.4 Å². The van der Waals surface area contributed by atoms with E-state index in [4.69, 9.17) is 19.7 Å². The fourth-order valence-electron chi connectivity index (χ4n) is 7.76. The molecule has 50 heavy (non-hydrogen) atoms. The zero-order chi connectivity index (χ0) is 33.1. The summed E-state index contributed by atoms with van der Waals surface area (Å²) < 4.78 is 6.88. The Morgan fingerprint density at radius 2 is 0.980 bits per heavy atom. The van der Waals surface area contributed by atoms with E-state index < -0.39 is 5.41 Å². The highest BCUT2D eigenvalue weighted by Gasteiger charge is 2.48. The molecule has 1 aliphatic carbocycles. The fraction of sp³-hybridized carbons (Fsp3) is 0.0217. The predicted octanol–water partition coefficient (Wildman–Crippen LogP) is 11.0. The van der Waals surface area contributed by atoms with Gasteiger partial charge in [0.05, 0.1) is 5.41 Å². The van der Waals surface area contributed by atoms with E-state index in [0.29, 0.717) is 17.5 Å². The molecule has 7 aromatic carbocycles. The lowest BCUT2D eigenvalue weighted by Crippen LogP contribution is -2.35. The number of aromatic nitrogens is 3. The number of hydrogen-bond donors (Lipinski definition) is 0. The summed E-state index contributed by atoms with van der Waals surface area (Å²) in [6, 6.07) is 57.1. The molecule has 4 nitrogen and oxygen atoms in total. The lowest BCUT2D eigenvalue weighted by molar-refractivity contribution is 0.439. The minimum Gasteiger partial charge on any atom is -0.456 e. The molecule has 0 amide bonds. The van der Waals surface area contributed by atoms with Gasteiger partial charge in [0.15, 0.2) is 17.5 Å². The maximum Gasteiger partial charge on any atom is 0.164 e. The maximum absolute atomic E-state index is 6.88. The van der Waals surface area contributed by atoms with Crippen LogP contribution in [0.25, 0.3) is 57.1 Å². The van der Waals surface area contributed by atoms with Crippen LogP contribution in [0.15, 0.2) is 164 Å². The van der Waals surface area contributed by atoms with E-state index in [1.54, 1.807) is 0 Å². The lowest BCUT2D eigenvalue weighted by Gasteiger charge is -2.42. The second-order valence-corrected chi connectivity index (χ2v) is 12.8. The van der Waals surface area contributed by atoms with E-state index in [9.17, 15) is 0 Å². The fourth-order valence-corrected chi connectivity index (χ4v) is 7.76. The third-order valence-corrected chi connectivity index (χ3v) is 10.0. The van der Waals surface area contributed by atoms with Gasteiger partial charge < -0.3 is 4.74 Å². The summed E-state index contributed by atoms with van der Waals surface area (Å²) >= 11 is 0. The van der Waals surface area contributed by atoms with Crippen molar-refractivity contribution in [2.45, 2.75) is 5.41 Å². The monoisotopic (exact) mass is 639 g/mol. The van der Waals surface area contributed by atoms with Crippen LogP contribution in [0.5, 0.6) is 11.5 Å². The van der Waals surface area contributed by atoms with Crippen molar-refractivity contribution in [3.63, 3.8) is 0 Å². The van der Waals surface area contributed by atoms with Crippen molar-refractivity contribution in [2.24, 2.45) is 0 Å². The average Bonchev–Trinajstić information content (AvgIpc) is 3.33. The summed E-state index contributed by atoms with van der Waals surface area (Å²) in [7, 11) is 0. The Labute approximate surface area is 290 Å². The van der Waals surface area contributed by atoms with Crippen LogP contribution >= 0.6 is 0 Å². The van der Waals surface area contributed by atoms with E-state index in [0.717, 1.165) is 61.2 Å². The lowest BCUT2D eigenvalue weighted by atomic mass is 9.62. The summed E-state index contributed by atoms with van der Waals surface area (Å²) in [4.78, 5) is 15.2. The standard InChI is InChI=1S/C46H29N3O/c1-3-15-33(16-4-1)43-47-44(34-17-5-2-6-18-34)49-45(48-43)35-26-25-32-24-23-31-14-8-10-20-37(31)46(40(32)29-35)38-21-11-12-22-41(38)50-42-36-19-9-7-13-30(36)27-28-39(42)46/h1-29H. The predicted molar refractivity (Wildman–Crippen MR) is 201 cm³/mol. The molecule has 0 bridgehead atoms. The second-order valence-electron chi connectivity index (χ2n) is 12.8. The first-order chi connectivity index (χ1) is 24.8. The molecule has 10 rings (SSSR count). The van der Waals surface area contributed by atoms with Gasteiger partial charge in [-0.1, -0.05) is 164 Å². The Bertz CT molecular complexity index is 2570. The minimum absolute atomic E-state index is 0.622. The molecule has 0 saturated carbocycles. The molecule has 2 heterocycles. The van der Waals surface area contributed by atoms with E-state index in [1.807, 2.05) is 60.7 Å². The number of benzene rings is 7. The van der Waals surface area contributed by atoms with Gasteiger partial charge in [0.1, 0.15) is 11.5 Å². The zero-order valence-corrected chi connectivity index (χ0v) is 27.0. The normalized spacial score (nSPS) is 15.4. The Morgan fingerprint density at radius 3 is 1.72 bits per heavy atom. The van der Waals surface area contributed by atoms with Crippen molar-refractivity contribution >= 4 is 22.9 Å². The second kappa shape index (κ2) is 11.2. The Hall–Kier alpha value is -6.65. The van der Waals surface area contributed by atoms with Crippen molar-refractivity contribution in [3.8, 4) is 45.7 Å². The molecule has 1 spiro atoms. The Morgan fingerprint density at radius 1 is 0.400 bits per heavy atom. The zero-order valence-electron chi connectivity index (χ0n) is 27.0. The third-order valence-electron chi connectivity index (χ3n) is 10.0. The SMILES string of the molecule is C1=Cc2ccc(-c3nc(-c4ccccc4)nc(-c4ccccc4)n3)cc2C2(c3ccccc31)c1ccccc1Oc1c2ccc2ccccc12. The van der Waals surface area contributed by atoms with Gasteiger partial charge in [-0.15, -0.1) is 0 Å². The van der Waals surface area contributed by atoms with E-state index in [2.05, 4.69) is 115 Å². The molecular weight excluding hydrogens is 611 g/mol. The van der Waals surface area contributed by atoms with Gasteiger partial charge in [-0.3, -0.25) is 0 Å². The number of para-hydroxylation sites is 1. The third kappa shape index (κ3) is 4.28. The molecule has 4 heteroatoms. The van der Waals surface area contributed by atoms with E-state index in [1.165, 1.54) is 11.1 Å². The minimum atomic E-state index is -0.697. The number of ether oxygens (including phenoxy) is 1. The summed E-state index contributed by atoms with van der Waals surface area (Å²) in [6.45, 7) is 0. The molecule has 1 atom stereocenters. The summed E-state index contributed by atoms with van der Waals surface area (Å²) in [5.74, 6) is 3.63. The highest BCUT2D eigenvalue weighted by atomic mass is 16.5. The molecule has 0 saturated heterocycles. The molecule has 1 unspecified atom stereocenters. The largest absolute Gasteiger partial charge is 0.456 e. The van der Waals surface area contributed by atoms with Gasteiger partial charge in [0.2, 0.25) is 0 Å². The number of fused-ring (bicyclic) bond motifs is 10. The van der Waals surface area contributed by atoms with Crippen LogP contribution < -0.4 is 4.74 Å². The molecule has 8 aromatic rings. The van der Waals surface area contributed by atoms with Crippen molar-refractivity contribution in [1.29, 1.82) is 0 Å². The van der Waals surface area contributed by atoms with E-state index in [-0.39, 0.29) is 0 Å². The highest BCUT2D eigenvalue weighted by molar-refractivity contribution is 5.94. The van der Waals surface area contributed by atoms with Crippen LogP contribution in [-0.4, -0.2) is 15.0 Å². The first kappa shape index (κ1) is 28.4. The molecule has 0 radical (unpaired) electrons. The van der Waals surface area contributed by atoms with E-state index >= 15 is 0 Å². The summed E-state index contributed by atoms with van der Waals surface area (Å²) in [5, 5.41) is 2.23. The van der Waals surface area contributed by atoms with Crippen LogP contribution in [-0.2, 0) is 5.41 Å². The molecular formula is C46H29N3O. The summed E-state index contributed by atoms with van der Waals surface area (Å²) in [6.07, 6.45) is 4.48. The molecule has 2 aliphatic rings. The van der Waals surface area contributed by atoms with Crippen molar-refractivity contribution in [2.75, 3.05) is 0 Å². The molecule has 234 valence electrons. The molecule has 0 fully saturated rings. The first-order valence-electron chi connectivity index (χ1n) is 16.9. The van der Waals surface area contributed by atoms with Gasteiger partial charge in [-0.2, -0.15) is 0 Å². The van der Waals surface area contributed by atoms with Crippen LogP contribution in [0.4, 0.5) is 0 Å². The Kier molecular flexibility index (Phi) is 6.36. The number of hydrogen-bond acceptors (Lipinski definition) is 4. The van der Waals surface area contributed by atoms with Crippen molar-refractivity contribution in [1.82, 2.24) is 15.0 Å². The molecule has 0 N–H and O–H groups in total. The van der Waals surface area contributed by atoms with Crippen LogP contribution in [0.3, 0.4) is 0 Å². The smallest absolute Gasteiger partial charge is 0.164 e. The number of rotatable bonds is 3. The van der Waals surface area contributed by atoms with Gasteiger partial charge >= 0.3 is 0 Å². The average molecular weight is 640 g/mol. The summed E-state index contributed by atoms with van der Waals surface area (Å²) in [5.41, 5.74) is 8.94. The quantitative estimate of drug-likeness (QED) is 0.193. The first-order valence-corrected chi connectivity index (χ1v) is 16.9. The van der Waals surface area contributed by atoms with Gasteiger partial charge in [0, 0.05) is 33.2 Å². The van der Waals surface area contributed by atoms with Crippen LogP contribution in [0, 0.1) is 0 Å². The van der Waals surface area contributed by atoms with Crippen molar-refractivity contribution < 1.29 is 4.74 Å². The topological polar surface area (TPSA) is 47.9 Å². The van der Waals surface area contributed by atoms with Gasteiger partial charge in [0.25, 0.3) is 0 Å². The molecule has 1 aromatic heterocycles. The van der Waals surface area contributed by atoms with Gasteiger partial charge in [-0.25, -0.2) is 15.0 Å². The van der Waals surface area contributed by atoms with Crippen LogP contribution in [0.2, 0.25) is 0 Å². The Balaban J connectivity index is 1.30. The van der Waals surface area contributed by atoms with Crippen molar-refractivity contribution in [3.05, 3.63) is 197 Å². The maximum atomic E-state index is 6.88. The number of nitrogens with zero attached hydrogens (tertiary/aromatic N) is 3.